The van der Waals surface area contributed by atoms with Gasteiger partial charge in [0.15, 0.2) is 5.78 Å². The maximum Gasteiger partial charge on any atom is 0.457 e. The smallest absolute Gasteiger partial charge is 0.457 e. The number of ether oxygens (including phenoxy) is 3. The van der Waals surface area contributed by atoms with Crippen LogP contribution >= 0.6 is 0 Å². The number of imidazole rings is 1. The highest BCUT2D eigenvalue weighted by Gasteiger charge is 2.67. The molecule has 59 heavy (non-hydrogen) atoms. The number of nitrogens with one attached hydrogen (secondary N) is 1. The maximum atomic E-state index is 14.1. The van der Waals surface area contributed by atoms with Crippen LogP contribution in [-0.2, 0) is 30.0 Å². The van der Waals surface area contributed by atoms with Gasteiger partial charge in [-0.15, -0.1) is 0 Å². The van der Waals surface area contributed by atoms with Crippen molar-refractivity contribution in [1.29, 1.82) is 0 Å². The van der Waals surface area contributed by atoms with Gasteiger partial charge in [-0.25, -0.2) is 19.1 Å². The number of ketones is 1. The fraction of sp³-hybridized carbons (Fsp3) is 0.578. The molecule has 5 fully saturated rings. The van der Waals surface area contributed by atoms with Crippen LogP contribution in [0.2, 0.25) is 6.32 Å². The summed E-state index contributed by atoms with van der Waals surface area (Å²) in [6.07, 6.45) is 5.28. The van der Waals surface area contributed by atoms with Crippen molar-refractivity contribution in [3.05, 3.63) is 82.9 Å². The van der Waals surface area contributed by atoms with E-state index in [2.05, 4.69) is 31.1 Å². The second-order valence-corrected chi connectivity index (χ2v) is 19.4. The minimum atomic E-state index is -1.04. The van der Waals surface area contributed by atoms with Crippen LogP contribution in [0, 0.1) is 24.2 Å². The summed E-state index contributed by atoms with van der Waals surface area (Å²) in [5.74, 6) is 0.498. The molecule has 5 atom stereocenters. The number of nitrogens with zero attached hydrogens (tertiary/aromatic N) is 3. The molecule has 0 radical (unpaired) electrons. The van der Waals surface area contributed by atoms with Crippen molar-refractivity contribution in [1.82, 2.24) is 19.8 Å². The normalized spacial score (nSPS) is 24.1. The Labute approximate surface area is 348 Å². The van der Waals surface area contributed by atoms with Gasteiger partial charge >= 0.3 is 19.2 Å². The van der Waals surface area contributed by atoms with Crippen LogP contribution in [0.1, 0.15) is 119 Å². The van der Waals surface area contributed by atoms with Gasteiger partial charge in [-0.1, -0.05) is 50.2 Å². The van der Waals surface area contributed by atoms with E-state index in [0.29, 0.717) is 41.5 Å². The van der Waals surface area contributed by atoms with E-state index < -0.39 is 35.4 Å². The van der Waals surface area contributed by atoms with Gasteiger partial charge in [-0.3, -0.25) is 14.9 Å². The van der Waals surface area contributed by atoms with Gasteiger partial charge in [-0.05, 0) is 115 Å². The van der Waals surface area contributed by atoms with E-state index in [0.717, 1.165) is 17.5 Å². The number of hydrogen-bond acceptors (Lipinski definition) is 11. The summed E-state index contributed by atoms with van der Waals surface area (Å²) in [6.45, 7) is 19.9. The number of hydrogen-bond donors (Lipinski definition) is 1. The number of likely N-dealkylation sites (tertiary alicyclic amines) is 1. The number of carbonyl (C=O) groups is 4. The Bertz CT molecular complexity index is 2080. The number of Topliss-reactive ketones (excluding diaryl/α,β-unsaturated/α-hetero) is 1. The van der Waals surface area contributed by atoms with Crippen molar-refractivity contribution in [3.63, 3.8) is 0 Å². The number of aromatic nitrogens is 2. The van der Waals surface area contributed by atoms with E-state index in [9.17, 15) is 19.2 Å². The molecule has 0 spiro atoms. The lowest BCUT2D eigenvalue weighted by Crippen LogP contribution is -2.65. The summed E-state index contributed by atoms with van der Waals surface area (Å²) in [6, 6.07) is 11.5. The zero-order chi connectivity index (χ0) is 42.7. The number of carbonyl (C=O) groups excluding carboxylic acids is 4. The summed E-state index contributed by atoms with van der Waals surface area (Å²) in [5.41, 5.74) is 1.36. The Morgan fingerprint density at radius 3 is 2.32 bits per heavy atom. The molecule has 1 N–H and O–H groups in total. The van der Waals surface area contributed by atoms with Crippen LogP contribution in [0.3, 0.4) is 0 Å². The maximum absolute atomic E-state index is 14.1. The molecule has 2 bridgehead atoms. The highest BCUT2D eigenvalue weighted by molar-refractivity contribution is 6.45. The summed E-state index contributed by atoms with van der Waals surface area (Å²) < 4.78 is 32.2. The van der Waals surface area contributed by atoms with Crippen molar-refractivity contribution in [2.75, 3.05) is 19.6 Å². The molecule has 3 heterocycles. The van der Waals surface area contributed by atoms with Crippen molar-refractivity contribution in [2.24, 2.45) is 17.3 Å². The molecule has 3 aromatic rings. The lowest BCUT2D eigenvalue weighted by molar-refractivity contribution is -0.199. The van der Waals surface area contributed by atoms with Crippen molar-refractivity contribution >= 4 is 30.9 Å². The summed E-state index contributed by atoms with van der Waals surface area (Å²) in [4.78, 5) is 59.7. The molecule has 14 heteroatoms. The van der Waals surface area contributed by atoms with E-state index in [1.165, 1.54) is 23.5 Å². The average Bonchev–Trinajstić information content (AvgIpc) is 3.76. The number of amides is 1. The Hall–Kier alpha value is -4.53. The van der Waals surface area contributed by atoms with Gasteiger partial charge in [0.1, 0.15) is 41.0 Å². The van der Waals surface area contributed by atoms with Crippen molar-refractivity contribution in [2.45, 2.75) is 130 Å². The van der Waals surface area contributed by atoms with E-state index in [4.69, 9.17) is 23.5 Å². The molecule has 2 aromatic carbocycles. The quantitative estimate of drug-likeness (QED) is 0.115. The van der Waals surface area contributed by atoms with Gasteiger partial charge in [0.25, 0.3) is 0 Å². The molecule has 13 nitrogen and oxygen atoms in total. The third-order valence-corrected chi connectivity index (χ3v) is 12.6. The molecule has 8 rings (SSSR count). The minimum absolute atomic E-state index is 0.102. The SMILES string of the molecule is Cc1c(CCB2O[C@@H]3C[C@@H]4C[C@@H](C4(C)C)[C@]3(C)O2)ccc(OC2CN(C(=O)C(NCC(=O)c3ccccc3)c3cn(C(=O)OC(C)(C)C)cn3)C2)c1C(=O)OC(C)(C)C. The highest BCUT2D eigenvalue weighted by atomic mass is 16.7. The number of aryl methyl sites for hydroxylation is 1. The van der Waals surface area contributed by atoms with Crippen LogP contribution in [0.15, 0.2) is 55.0 Å². The van der Waals surface area contributed by atoms with Crippen LogP contribution in [0.25, 0.3) is 0 Å². The predicted octanol–water partition coefficient (Wildman–Crippen LogP) is 7.00. The first-order valence-corrected chi connectivity index (χ1v) is 20.9. The second-order valence-electron chi connectivity index (χ2n) is 19.4. The first kappa shape index (κ1) is 42.6. The molecule has 2 saturated heterocycles. The molecule has 2 aliphatic heterocycles. The molecular formula is C45H59BN4O9. The molecule has 316 valence electrons. The fourth-order valence-corrected chi connectivity index (χ4v) is 9.23. The van der Waals surface area contributed by atoms with E-state index in [1.54, 1.807) is 49.9 Å². The molecule has 1 aromatic heterocycles. The van der Waals surface area contributed by atoms with E-state index in [1.807, 2.05) is 45.9 Å². The fourth-order valence-electron chi connectivity index (χ4n) is 9.23. The largest absolute Gasteiger partial charge is 0.486 e. The molecule has 5 aliphatic rings. The molecule has 1 unspecified atom stereocenters. The van der Waals surface area contributed by atoms with Crippen molar-refractivity contribution in [3.8, 4) is 5.75 Å². The van der Waals surface area contributed by atoms with Crippen LogP contribution in [0.5, 0.6) is 5.75 Å². The van der Waals surface area contributed by atoms with Gasteiger partial charge in [0.05, 0.1) is 37.0 Å². The van der Waals surface area contributed by atoms with Gasteiger partial charge in [0, 0.05) is 11.8 Å². The minimum Gasteiger partial charge on any atom is -0.486 e. The van der Waals surface area contributed by atoms with Gasteiger partial charge in [-0.2, -0.15) is 0 Å². The second kappa shape index (κ2) is 15.8. The van der Waals surface area contributed by atoms with Crippen LogP contribution < -0.4 is 10.1 Å². The van der Waals surface area contributed by atoms with Gasteiger partial charge in [0.2, 0.25) is 5.91 Å². The summed E-state index contributed by atoms with van der Waals surface area (Å²) in [5, 5.41) is 3.08. The average molecular weight is 811 g/mol. The first-order valence-electron chi connectivity index (χ1n) is 20.9. The Morgan fingerprint density at radius 2 is 1.66 bits per heavy atom. The molecule has 3 aliphatic carbocycles. The Morgan fingerprint density at radius 1 is 0.966 bits per heavy atom. The van der Waals surface area contributed by atoms with Gasteiger partial charge < -0.3 is 28.4 Å². The molecule has 3 saturated carbocycles. The third kappa shape index (κ3) is 8.86. The number of benzene rings is 2. The Kier molecular flexibility index (Phi) is 11.4. The zero-order valence-corrected chi connectivity index (χ0v) is 36.1. The standard InChI is InChI=1S/C45H59BN4O9/c1-27-28(18-19-46-58-36-21-30-20-35(44(30,8)9)45(36,10)59-46)16-17-34(37(27)40(53)56-42(2,3)4)55-31-23-49(24-31)39(52)38(47-22-33(51)29-14-12-11-13-15-29)32-25-50(26-48-32)41(54)57-43(5,6)7/h11-17,25-26,30-31,35-36,38,47H,18-24H2,1-10H3/t30-,35-,36+,38?,45-/m0/s1. The molecule has 1 amide bonds. The van der Waals surface area contributed by atoms with Crippen molar-refractivity contribution < 1.29 is 42.7 Å². The predicted molar refractivity (Wildman–Crippen MR) is 221 cm³/mol. The summed E-state index contributed by atoms with van der Waals surface area (Å²) >= 11 is 0. The molecular weight excluding hydrogens is 751 g/mol. The number of esters is 1. The first-order chi connectivity index (χ1) is 27.6. The highest BCUT2D eigenvalue weighted by Crippen LogP contribution is 2.65. The van der Waals surface area contributed by atoms with E-state index in [-0.39, 0.29) is 61.3 Å². The lowest BCUT2D eigenvalue weighted by Gasteiger charge is -2.64. The van der Waals surface area contributed by atoms with E-state index >= 15 is 0 Å². The van der Waals surface area contributed by atoms with Crippen LogP contribution in [0.4, 0.5) is 4.79 Å². The number of rotatable bonds is 12. The third-order valence-electron chi connectivity index (χ3n) is 12.6. The van der Waals surface area contributed by atoms with Crippen LogP contribution in [-0.4, -0.2) is 94.0 Å². The topological polar surface area (TPSA) is 148 Å². The lowest BCUT2D eigenvalue weighted by atomic mass is 9.43. The summed E-state index contributed by atoms with van der Waals surface area (Å²) in [7, 11) is -0.320. The zero-order valence-electron chi connectivity index (χ0n) is 36.1. The Balaban J connectivity index is 1.04. The monoisotopic (exact) mass is 810 g/mol.